The van der Waals surface area contributed by atoms with Crippen LogP contribution in [-0.4, -0.2) is 64.1 Å². The molecule has 11 aromatic carbocycles. The van der Waals surface area contributed by atoms with Crippen molar-refractivity contribution >= 4 is 164 Å². The molecule has 16 heteroatoms. The van der Waals surface area contributed by atoms with Gasteiger partial charge in [0.1, 0.15) is 11.3 Å². The largest absolute Gasteiger partial charge is 0.399 e. The molecule has 2 aliphatic heterocycles. The van der Waals surface area contributed by atoms with Crippen molar-refractivity contribution in [1.82, 2.24) is 28.6 Å². The van der Waals surface area contributed by atoms with E-state index in [2.05, 4.69) is 64.4 Å². The third-order valence-corrected chi connectivity index (χ3v) is 46.0. The van der Waals surface area contributed by atoms with Crippen LogP contribution in [0.2, 0.25) is 0 Å². The molecule has 4 N–H and O–H groups in total. The van der Waals surface area contributed by atoms with E-state index >= 15 is 9.59 Å². The van der Waals surface area contributed by atoms with Gasteiger partial charge in [-0.1, -0.05) is 81.7 Å². The van der Waals surface area contributed by atoms with Crippen LogP contribution in [0.5, 0.6) is 0 Å². The molecule has 6 heterocycles. The lowest BCUT2D eigenvalue weighted by molar-refractivity contribution is -0.384. The Balaban J connectivity index is 0.483. The summed E-state index contributed by atoms with van der Waals surface area (Å²) < 4.78 is 3.50. The van der Waals surface area contributed by atoms with Gasteiger partial charge in [0.15, 0.2) is 0 Å². The Kier molecular flexibility index (Phi) is 15.7. The van der Waals surface area contributed by atoms with Crippen molar-refractivity contribution in [3.63, 3.8) is 0 Å². The Morgan fingerprint density at radius 1 is 0.299 bits per heavy atom. The van der Waals surface area contributed by atoms with Gasteiger partial charge in [-0.2, -0.15) is 0 Å². The highest BCUT2D eigenvalue weighted by Crippen LogP contribution is 2.76. The topological polar surface area (TPSA) is 214 Å². The molecule has 2 saturated heterocycles. The number of piperidine rings is 2. The highest BCUT2D eigenvalue weighted by molar-refractivity contribution is 6.41. The average Bonchev–Trinajstić information content (AvgIpc) is 0.701. The number of nitrogen functional groups attached to an aromatic ring is 2. The van der Waals surface area contributed by atoms with Gasteiger partial charge in [0, 0.05) is 122 Å². The van der Waals surface area contributed by atoms with Gasteiger partial charge in [0.05, 0.1) is 31.9 Å². The number of aromatic nitrogens is 4. The maximum Gasteiger partial charge on any atom is 0.272 e. The molecule has 18 fully saturated rings. The summed E-state index contributed by atoms with van der Waals surface area (Å²) in [6.45, 7) is 4.42. The fourth-order valence-electron chi connectivity index (χ4n) is 43.0. The van der Waals surface area contributed by atoms with Crippen molar-refractivity contribution in [3.05, 3.63) is 161 Å². The van der Waals surface area contributed by atoms with Crippen molar-refractivity contribution in [2.45, 2.75) is 205 Å². The SMILES string of the molecule is Nc1ccc2c(c1)c(CN1CC3CCC4C5CCC6C7CCCC8CCCC(C9CCC(C%10CCC(C1)C3C4%10)C5C69)C87)c1cc(N)cc3c1c2nc1c2ccc4c5ccc6c(=O)n7c8cc([N+](=O)[O-])cc9c(CN%10CCC%11CCC%12C%13CCC%14C%15CCCC%16CCCC(C%17CCC(C%18CCC%10C%11C%12%18)C%13C%14%17)C%16%15)c%10cc([N+](=O)[O-])ccc%10c(nc7c7ccc(c%10ccc(c(=O)n31)c2c4%10)c5c67)c98. The van der Waals surface area contributed by atoms with Crippen LogP contribution < -0.4 is 22.6 Å². The summed E-state index contributed by atoms with van der Waals surface area (Å²) in [6.07, 6.45) is 42.0. The standard InChI is InChI=1S/C118H122N10O6/c119-58-16-21-82-88(43-58)92(51-123-49-56-14-19-66-73-27-23-69-62-9-1-5-53-6-2-10-63(98(53)62)70-24-28-74(105(73)103(69)70)67-20-15-57(50-123)97(56)101(66)67)90-44-59(120)45-95-111(90)113(82)121-115-84-35-31-77-80-34-38-87-110-85(36-32-78(108(80)110)79-33-37-86(109(84)107(77)79)117(129)125(95)115)116-122-114-83-22-17-60(127(131)132)46-89(83)93(91-47-61(128(133)134)48-96(112(91)114)126(116)118(87)130)52-124-42-41-55-13-18-68-75-29-25-71-64-11-3-7-54-8-4-12-65(99(54)64)72-26-30-76(106(75)104(71)72)81-39-40-94(124)100(55)102(68)81/h16-17,21-22,31-38,43-48,53-57,62-76,81,94,97-106H,1-15,18-20,23-30,39-42,49-52,119-120H2. The van der Waals surface area contributed by atoms with Crippen molar-refractivity contribution in [3.8, 4) is 0 Å². The fourth-order valence-corrected chi connectivity index (χ4v) is 43.0. The van der Waals surface area contributed by atoms with Crippen molar-refractivity contribution in [1.29, 1.82) is 0 Å². The Hall–Kier alpha value is -9.64. The van der Waals surface area contributed by atoms with E-state index < -0.39 is 0 Å². The van der Waals surface area contributed by atoms with Gasteiger partial charge in [-0.3, -0.25) is 48.4 Å². The molecule has 0 radical (unpaired) electrons. The lowest BCUT2D eigenvalue weighted by Gasteiger charge is -2.71. The van der Waals surface area contributed by atoms with E-state index in [4.69, 9.17) is 21.4 Å². The predicted octanol–water partition coefficient (Wildman–Crippen LogP) is 25.5. The van der Waals surface area contributed by atoms with Crippen LogP contribution in [0.1, 0.15) is 197 Å². The maximum atomic E-state index is 16.4. The number of hydrogen-bond donors (Lipinski definition) is 2. The minimum atomic E-state index is -0.333. The van der Waals surface area contributed by atoms with Gasteiger partial charge in [-0.25, -0.2) is 9.97 Å². The van der Waals surface area contributed by atoms with Crippen LogP contribution in [0.25, 0.3) is 141 Å². The van der Waals surface area contributed by atoms with Crippen LogP contribution in [-0.2, 0) is 13.1 Å². The normalized spacial score (nSPS) is 38.9. The number of likely N-dealkylation sites (tertiary alicyclic amines) is 2. The number of nitro benzene ring substituents is 2. The van der Waals surface area contributed by atoms with Crippen LogP contribution in [0.4, 0.5) is 22.7 Å². The molecule has 0 spiro atoms. The zero-order valence-electron chi connectivity index (χ0n) is 77.1. The molecule has 680 valence electrons. The first kappa shape index (κ1) is 77.4. The molecule has 26 unspecified atom stereocenters. The number of anilines is 2. The van der Waals surface area contributed by atoms with Crippen LogP contribution >= 0.6 is 0 Å². The zero-order chi connectivity index (χ0) is 87.8. The maximum absolute atomic E-state index is 16.4. The van der Waals surface area contributed by atoms with Gasteiger partial charge >= 0.3 is 0 Å². The summed E-state index contributed by atoms with van der Waals surface area (Å²) in [6, 6.07) is 36.0. The summed E-state index contributed by atoms with van der Waals surface area (Å²) in [5.41, 5.74) is 20.4. The second-order valence-corrected chi connectivity index (χ2v) is 49.4. The van der Waals surface area contributed by atoms with Gasteiger partial charge in [-0.15, -0.1) is 0 Å². The Labute approximate surface area is 778 Å². The molecular weight excluding hydrogens is 1650 g/mol. The van der Waals surface area contributed by atoms with E-state index in [-0.39, 0.29) is 32.3 Å². The molecule has 0 amide bonds. The molecule has 33 rings (SSSR count). The first-order valence-corrected chi connectivity index (χ1v) is 54.2. The van der Waals surface area contributed by atoms with Crippen molar-refractivity contribution in [2.75, 3.05) is 31.1 Å². The molecule has 4 aromatic heterocycles. The highest BCUT2D eigenvalue weighted by atomic mass is 16.6. The minimum Gasteiger partial charge on any atom is -0.399 e. The molecular formula is C118H122N10O6. The third-order valence-electron chi connectivity index (χ3n) is 46.0. The summed E-state index contributed by atoms with van der Waals surface area (Å²) >= 11 is 0. The minimum absolute atomic E-state index is 0.0369. The number of nitrogens with two attached hydrogens (primary N) is 2. The highest BCUT2D eigenvalue weighted by Gasteiger charge is 2.70. The van der Waals surface area contributed by atoms with E-state index in [0.717, 1.165) is 291 Å². The number of fused-ring (bicyclic) bond motifs is 20. The smallest absolute Gasteiger partial charge is 0.272 e. The summed E-state index contributed by atoms with van der Waals surface area (Å²) in [5, 5.41) is 43.5. The fraction of sp³-hybridized carbons (Fsp3) is 0.559. The molecule has 18 aliphatic rings. The van der Waals surface area contributed by atoms with Crippen LogP contribution in [0, 0.1) is 204 Å². The van der Waals surface area contributed by atoms with Gasteiger partial charge in [0.25, 0.3) is 22.5 Å². The third kappa shape index (κ3) is 9.78. The Morgan fingerprint density at radius 3 is 1.14 bits per heavy atom. The number of nitro groups is 2. The number of non-ortho nitro benzene ring substituents is 2. The second kappa shape index (κ2) is 27.2. The zero-order valence-corrected chi connectivity index (χ0v) is 77.1. The molecule has 0 bridgehead atoms. The summed E-state index contributed by atoms with van der Waals surface area (Å²) in [4.78, 5) is 76.2. The van der Waals surface area contributed by atoms with E-state index in [9.17, 15) is 20.2 Å². The first-order chi connectivity index (χ1) is 65.8. The van der Waals surface area contributed by atoms with Crippen LogP contribution in [0.3, 0.4) is 0 Å². The molecule has 134 heavy (non-hydrogen) atoms. The van der Waals surface area contributed by atoms with E-state index in [1.54, 1.807) is 54.3 Å². The first-order valence-electron chi connectivity index (χ1n) is 54.2. The molecule has 16 saturated carbocycles. The van der Waals surface area contributed by atoms with Crippen molar-refractivity contribution in [2.24, 2.45) is 183 Å². The second-order valence-electron chi connectivity index (χ2n) is 49.4. The van der Waals surface area contributed by atoms with Gasteiger partial charge in [0.2, 0.25) is 0 Å². The average molecular weight is 1780 g/mol. The van der Waals surface area contributed by atoms with E-state index in [1.807, 2.05) is 34.7 Å². The van der Waals surface area contributed by atoms with Crippen molar-refractivity contribution < 1.29 is 9.85 Å². The number of hydrogen-bond acceptors (Lipinski definition) is 12. The molecule has 26 atom stereocenters. The molecule has 16 nitrogen and oxygen atoms in total. The monoisotopic (exact) mass is 1770 g/mol. The number of pyridine rings is 2. The Morgan fingerprint density at radius 2 is 0.657 bits per heavy atom. The lowest BCUT2D eigenvalue weighted by atomic mass is 9.34. The molecule has 16 aliphatic carbocycles. The Bertz CT molecular complexity index is 7770. The van der Waals surface area contributed by atoms with Gasteiger partial charge < -0.3 is 11.5 Å². The quantitative estimate of drug-likeness (QED) is 0.0523. The van der Waals surface area contributed by atoms with Gasteiger partial charge in [-0.05, 0) is 444 Å². The van der Waals surface area contributed by atoms with E-state index in [1.165, 1.54) is 153 Å². The lowest BCUT2D eigenvalue weighted by Crippen LogP contribution is -2.67. The summed E-state index contributed by atoms with van der Waals surface area (Å²) in [5.74, 6) is 28.2. The number of benzene rings is 11. The van der Waals surface area contributed by atoms with E-state index in [0.29, 0.717) is 102 Å². The number of nitrogens with zero attached hydrogens (tertiary/aromatic N) is 8. The molecule has 15 aromatic rings. The van der Waals surface area contributed by atoms with Crippen LogP contribution in [0.15, 0.2) is 119 Å². The number of rotatable bonds is 6. The summed E-state index contributed by atoms with van der Waals surface area (Å²) in [7, 11) is 0. The predicted molar refractivity (Wildman–Crippen MR) is 534 cm³/mol.